The number of benzene rings is 1. The second-order valence-corrected chi connectivity index (χ2v) is 6.34. The van der Waals surface area contributed by atoms with E-state index in [0.29, 0.717) is 13.1 Å². The van der Waals surface area contributed by atoms with Gasteiger partial charge in [-0.1, -0.05) is 76.1 Å². The monoisotopic (exact) mass is 332 g/mol. The molecule has 0 aliphatic carbocycles. The molecule has 24 heavy (non-hydrogen) atoms. The first-order valence-corrected chi connectivity index (χ1v) is 9.25. The first-order chi connectivity index (χ1) is 11.6. The van der Waals surface area contributed by atoms with Crippen LogP contribution in [0.25, 0.3) is 0 Å². The Labute approximate surface area is 146 Å². The van der Waals surface area contributed by atoms with Crippen molar-refractivity contribution in [2.24, 2.45) is 0 Å². The fourth-order valence-corrected chi connectivity index (χ4v) is 2.61. The number of carbonyl (C=O) groups excluding carboxylic acids is 2. The first-order valence-electron chi connectivity index (χ1n) is 9.25. The van der Waals surface area contributed by atoms with Gasteiger partial charge in [-0.05, 0) is 24.5 Å². The molecule has 0 aliphatic heterocycles. The molecule has 2 amide bonds. The molecular formula is C20H32N2O2. The van der Waals surface area contributed by atoms with Gasteiger partial charge in [0.2, 0.25) is 0 Å². The normalized spacial score (nSPS) is 10.4. The van der Waals surface area contributed by atoms with E-state index in [1.165, 1.54) is 38.5 Å². The summed E-state index contributed by atoms with van der Waals surface area (Å²) >= 11 is 0. The van der Waals surface area contributed by atoms with Crippen LogP contribution in [-0.2, 0) is 16.1 Å². The largest absolute Gasteiger partial charge is 0.348 e. The lowest BCUT2D eigenvalue weighted by molar-refractivity contribution is -0.139. The third kappa shape index (κ3) is 8.70. The molecule has 4 nitrogen and oxygen atoms in total. The van der Waals surface area contributed by atoms with Crippen LogP contribution in [0.3, 0.4) is 0 Å². The number of aryl methyl sites for hydroxylation is 1. The standard InChI is InChI=1S/C20H32N2O2/c1-3-4-5-6-7-8-9-12-15-21-19(23)20(24)22-16-18-14-11-10-13-17(18)2/h10-11,13-14H,3-9,12,15-16H2,1-2H3,(H,21,23)(H,22,24). The molecule has 0 heterocycles. The van der Waals surface area contributed by atoms with Crippen molar-refractivity contribution in [2.75, 3.05) is 6.54 Å². The van der Waals surface area contributed by atoms with Crippen LogP contribution in [0.5, 0.6) is 0 Å². The molecule has 1 aromatic carbocycles. The van der Waals surface area contributed by atoms with Gasteiger partial charge in [0.15, 0.2) is 0 Å². The molecule has 1 aromatic rings. The molecule has 0 atom stereocenters. The molecule has 0 radical (unpaired) electrons. The maximum Gasteiger partial charge on any atom is 0.309 e. The fourth-order valence-electron chi connectivity index (χ4n) is 2.61. The molecule has 0 spiro atoms. The lowest BCUT2D eigenvalue weighted by Crippen LogP contribution is -2.40. The zero-order chi connectivity index (χ0) is 17.6. The van der Waals surface area contributed by atoms with Crippen molar-refractivity contribution < 1.29 is 9.59 Å². The molecule has 0 aliphatic rings. The van der Waals surface area contributed by atoms with Crippen molar-refractivity contribution in [3.05, 3.63) is 35.4 Å². The molecule has 2 N–H and O–H groups in total. The highest BCUT2D eigenvalue weighted by atomic mass is 16.2. The smallest absolute Gasteiger partial charge is 0.309 e. The van der Waals surface area contributed by atoms with Crippen LogP contribution in [0.2, 0.25) is 0 Å². The van der Waals surface area contributed by atoms with Gasteiger partial charge in [0.25, 0.3) is 0 Å². The van der Waals surface area contributed by atoms with Crippen molar-refractivity contribution >= 4 is 11.8 Å². The average Bonchev–Trinajstić information content (AvgIpc) is 2.59. The van der Waals surface area contributed by atoms with Gasteiger partial charge < -0.3 is 10.6 Å². The molecule has 4 heteroatoms. The summed E-state index contributed by atoms with van der Waals surface area (Å²) in [5.41, 5.74) is 2.14. The lowest BCUT2D eigenvalue weighted by atomic mass is 10.1. The van der Waals surface area contributed by atoms with E-state index in [9.17, 15) is 9.59 Å². The minimum absolute atomic E-state index is 0.386. The van der Waals surface area contributed by atoms with E-state index in [0.717, 1.165) is 24.0 Å². The fraction of sp³-hybridized carbons (Fsp3) is 0.600. The molecule has 0 bridgehead atoms. The Bertz CT molecular complexity index is 500. The predicted molar refractivity (Wildman–Crippen MR) is 98.6 cm³/mol. The van der Waals surface area contributed by atoms with Crippen LogP contribution in [-0.4, -0.2) is 18.4 Å². The van der Waals surface area contributed by atoms with E-state index in [4.69, 9.17) is 0 Å². The summed E-state index contributed by atoms with van der Waals surface area (Å²) in [5, 5.41) is 5.36. The highest BCUT2D eigenvalue weighted by Crippen LogP contribution is 2.08. The summed E-state index contributed by atoms with van der Waals surface area (Å²) in [6.45, 7) is 5.17. The van der Waals surface area contributed by atoms with Gasteiger partial charge in [0, 0.05) is 13.1 Å². The van der Waals surface area contributed by atoms with Gasteiger partial charge in [0.05, 0.1) is 0 Å². The summed E-state index contributed by atoms with van der Waals surface area (Å²) in [7, 11) is 0. The number of amides is 2. The molecule has 0 unspecified atom stereocenters. The minimum Gasteiger partial charge on any atom is -0.348 e. The summed E-state index contributed by atoms with van der Waals surface area (Å²) in [6, 6.07) is 7.83. The van der Waals surface area contributed by atoms with Crippen LogP contribution in [0.15, 0.2) is 24.3 Å². The summed E-state index contributed by atoms with van der Waals surface area (Å²) in [5.74, 6) is -1.09. The van der Waals surface area contributed by atoms with Crippen molar-refractivity contribution in [3.8, 4) is 0 Å². The molecule has 134 valence electrons. The van der Waals surface area contributed by atoms with Crippen LogP contribution >= 0.6 is 0 Å². The van der Waals surface area contributed by atoms with Crippen LogP contribution < -0.4 is 10.6 Å². The Morgan fingerprint density at radius 2 is 1.42 bits per heavy atom. The Kier molecular flexibility index (Phi) is 10.6. The number of unbranched alkanes of at least 4 members (excludes halogenated alkanes) is 7. The van der Waals surface area contributed by atoms with Gasteiger partial charge in [-0.3, -0.25) is 9.59 Å². The maximum absolute atomic E-state index is 11.8. The van der Waals surface area contributed by atoms with Crippen LogP contribution in [0.1, 0.15) is 69.4 Å². The Morgan fingerprint density at radius 3 is 2.08 bits per heavy atom. The van der Waals surface area contributed by atoms with E-state index in [-0.39, 0.29) is 0 Å². The van der Waals surface area contributed by atoms with Crippen molar-refractivity contribution in [2.45, 2.75) is 71.8 Å². The molecule has 0 saturated carbocycles. The summed E-state index contributed by atoms with van der Waals surface area (Å²) in [4.78, 5) is 23.5. The molecule has 1 rings (SSSR count). The van der Waals surface area contributed by atoms with Gasteiger partial charge in [-0.2, -0.15) is 0 Å². The minimum atomic E-state index is -0.558. The van der Waals surface area contributed by atoms with Gasteiger partial charge in [0.1, 0.15) is 0 Å². The van der Waals surface area contributed by atoms with Crippen molar-refractivity contribution in [1.82, 2.24) is 10.6 Å². The number of hydrogen-bond donors (Lipinski definition) is 2. The number of hydrogen-bond acceptors (Lipinski definition) is 2. The van der Waals surface area contributed by atoms with Crippen molar-refractivity contribution in [3.63, 3.8) is 0 Å². The second kappa shape index (κ2) is 12.6. The average molecular weight is 332 g/mol. The third-order valence-electron chi connectivity index (χ3n) is 4.22. The van der Waals surface area contributed by atoms with Gasteiger partial charge in [-0.25, -0.2) is 0 Å². The Morgan fingerprint density at radius 1 is 0.833 bits per heavy atom. The molecule has 0 saturated heterocycles. The Hall–Kier alpha value is -1.84. The van der Waals surface area contributed by atoms with E-state index < -0.39 is 11.8 Å². The van der Waals surface area contributed by atoms with E-state index >= 15 is 0 Å². The van der Waals surface area contributed by atoms with E-state index in [2.05, 4.69) is 17.6 Å². The Balaban J connectivity index is 2.06. The molecule has 0 aromatic heterocycles. The van der Waals surface area contributed by atoms with Gasteiger partial charge in [-0.15, -0.1) is 0 Å². The van der Waals surface area contributed by atoms with Crippen LogP contribution in [0.4, 0.5) is 0 Å². The lowest BCUT2D eigenvalue weighted by Gasteiger charge is -2.08. The molecular weight excluding hydrogens is 300 g/mol. The first kappa shape index (κ1) is 20.2. The number of carbonyl (C=O) groups is 2. The predicted octanol–water partition coefficient (Wildman–Crippen LogP) is 3.87. The quantitative estimate of drug-likeness (QED) is 0.477. The van der Waals surface area contributed by atoms with Crippen molar-refractivity contribution in [1.29, 1.82) is 0 Å². The maximum atomic E-state index is 11.8. The van der Waals surface area contributed by atoms with E-state index in [1.54, 1.807) is 0 Å². The number of nitrogens with one attached hydrogen (secondary N) is 2. The zero-order valence-corrected chi connectivity index (χ0v) is 15.2. The highest BCUT2D eigenvalue weighted by molar-refractivity contribution is 6.35. The molecule has 0 fully saturated rings. The topological polar surface area (TPSA) is 58.2 Å². The third-order valence-corrected chi connectivity index (χ3v) is 4.22. The summed E-state index contributed by atoms with van der Waals surface area (Å²) < 4.78 is 0. The zero-order valence-electron chi connectivity index (χ0n) is 15.2. The number of rotatable bonds is 11. The van der Waals surface area contributed by atoms with E-state index in [1.807, 2.05) is 31.2 Å². The highest BCUT2D eigenvalue weighted by Gasteiger charge is 2.12. The summed E-state index contributed by atoms with van der Waals surface area (Å²) in [6.07, 6.45) is 9.76. The van der Waals surface area contributed by atoms with Crippen LogP contribution in [0, 0.1) is 6.92 Å². The van der Waals surface area contributed by atoms with Gasteiger partial charge >= 0.3 is 11.8 Å². The SMILES string of the molecule is CCCCCCCCCCNC(=O)C(=O)NCc1ccccc1C. The second-order valence-electron chi connectivity index (χ2n) is 6.34.